The van der Waals surface area contributed by atoms with Gasteiger partial charge < -0.3 is 0 Å². The van der Waals surface area contributed by atoms with E-state index in [4.69, 9.17) is 5.26 Å². The van der Waals surface area contributed by atoms with Crippen molar-refractivity contribution in [1.29, 1.82) is 5.26 Å². The van der Waals surface area contributed by atoms with E-state index in [1.165, 1.54) is 38.6 Å². The number of nitrogens with zero attached hydrogens (tertiary/aromatic N) is 2. The second kappa shape index (κ2) is 4.11. The summed E-state index contributed by atoms with van der Waals surface area (Å²) in [6.07, 6.45) is 7.85. The van der Waals surface area contributed by atoms with Crippen molar-refractivity contribution in [3.8, 4) is 6.07 Å². The topological polar surface area (TPSA) is 27.0 Å². The van der Waals surface area contributed by atoms with Crippen molar-refractivity contribution in [3.05, 3.63) is 0 Å². The highest BCUT2D eigenvalue weighted by molar-refractivity contribution is 4.95. The standard InChI is InChI=1S/C11H18N2/c12-8-11-6-1-2-7-13(11)9-10-4-3-5-10/h10-11H,1-7,9H2. The summed E-state index contributed by atoms with van der Waals surface area (Å²) >= 11 is 0. The molecule has 0 amide bonds. The molecule has 2 nitrogen and oxygen atoms in total. The minimum Gasteiger partial charge on any atom is -0.288 e. The van der Waals surface area contributed by atoms with E-state index < -0.39 is 0 Å². The Morgan fingerprint density at radius 3 is 2.62 bits per heavy atom. The molecule has 0 aromatic heterocycles. The van der Waals surface area contributed by atoms with Crippen LogP contribution in [0.3, 0.4) is 0 Å². The Morgan fingerprint density at radius 1 is 1.15 bits per heavy atom. The van der Waals surface area contributed by atoms with Gasteiger partial charge in [-0.15, -0.1) is 0 Å². The molecule has 0 N–H and O–H groups in total. The van der Waals surface area contributed by atoms with Crippen LogP contribution in [0.5, 0.6) is 0 Å². The second-order valence-electron chi connectivity index (χ2n) is 4.43. The zero-order valence-electron chi connectivity index (χ0n) is 8.21. The number of likely N-dealkylation sites (tertiary alicyclic amines) is 1. The third-order valence-corrected chi connectivity index (χ3v) is 3.48. The Morgan fingerprint density at radius 2 is 2.00 bits per heavy atom. The van der Waals surface area contributed by atoms with Crippen LogP contribution < -0.4 is 0 Å². The zero-order valence-corrected chi connectivity index (χ0v) is 8.21. The number of piperidine rings is 1. The molecule has 2 rings (SSSR count). The van der Waals surface area contributed by atoms with Crippen LogP contribution in [0.4, 0.5) is 0 Å². The molecule has 13 heavy (non-hydrogen) atoms. The first kappa shape index (κ1) is 9.02. The highest BCUT2D eigenvalue weighted by Crippen LogP contribution is 2.29. The Labute approximate surface area is 80.5 Å². The van der Waals surface area contributed by atoms with Gasteiger partial charge in [0.15, 0.2) is 0 Å². The van der Waals surface area contributed by atoms with Gasteiger partial charge in [0.2, 0.25) is 0 Å². The smallest absolute Gasteiger partial charge is 0.0978 e. The maximum atomic E-state index is 8.97. The van der Waals surface area contributed by atoms with Crippen molar-refractivity contribution in [3.63, 3.8) is 0 Å². The predicted molar refractivity (Wildman–Crippen MR) is 52.2 cm³/mol. The summed E-state index contributed by atoms with van der Waals surface area (Å²) < 4.78 is 0. The fraction of sp³-hybridized carbons (Fsp3) is 0.909. The molecule has 2 aliphatic rings. The van der Waals surface area contributed by atoms with Gasteiger partial charge in [-0.05, 0) is 44.6 Å². The van der Waals surface area contributed by atoms with Crippen molar-refractivity contribution < 1.29 is 0 Å². The van der Waals surface area contributed by atoms with Gasteiger partial charge in [-0.1, -0.05) is 6.42 Å². The van der Waals surface area contributed by atoms with Crippen molar-refractivity contribution in [2.24, 2.45) is 5.92 Å². The van der Waals surface area contributed by atoms with Crippen LogP contribution in [0, 0.1) is 17.2 Å². The van der Waals surface area contributed by atoms with Crippen LogP contribution >= 0.6 is 0 Å². The summed E-state index contributed by atoms with van der Waals surface area (Å²) in [7, 11) is 0. The van der Waals surface area contributed by atoms with E-state index in [2.05, 4.69) is 11.0 Å². The van der Waals surface area contributed by atoms with Gasteiger partial charge >= 0.3 is 0 Å². The lowest BCUT2D eigenvalue weighted by Gasteiger charge is -2.37. The molecule has 1 saturated carbocycles. The maximum Gasteiger partial charge on any atom is 0.0978 e. The molecule has 1 aliphatic carbocycles. The average Bonchev–Trinajstić information content (AvgIpc) is 2.12. The van der Waals surface area contributed by atoms with E-state index in [1.807, 2.05) is 0 Å². The van der Waals surface area contributed by atoms with E-state index >= 15 is 0 Å². The highest BCUT2D eigenvalue weighted by atomic mass is 15.2. The minimum atomic E-state index is 0.231. The molecule has 0 radical (unpaired) electrons. The first-order valence-corrected chi connectivity index (χ1v) is 5.54. The zero-order chi connectivity index (χ0) is 9.10. The molecule has 1 aliphatic heterocycles. The first-order chi connectivity index (χ1) is 6.40. The SMILES string of the molecule is N#CC1CCCCN1CC1CCC1. The minimum absolute atomic E-state index is 0.231. The third-order valence-electron chi connectivity index (χ3n) is 3.48. The summed E-state index contributed by atoms with van der Waals surface area (Å²) in [6.45, 7) is 2.35. The quantitative estimate of drug-likeness (QED) is 0.648. The van der Waals surface area contributed by atoms with Gasteiger partial charge in [-0.3, -0.25) is 4.90 Å². The van der Waals surface area contributed by atoms with Crippen molar-refractivity contribution in [2.45, 2.75) is 44.6 Å². The molecule has 72 valence electrons. The van der Waals surface area contributed by atoms with Gasteiger partial charge in [-0.25, -0.2) is 0 Å². The summed E-state index contributed by atoms with van der Waals surface area (Å²) in [5.74, 6) is 0.911. The Hall–Kier alpha value is -0.550. The maximum absolute atomic E-state index is 8.97. The van der Waals surface area contributed by atoms with Crippen LogP contribution in [0.1, 0.15) is 38.5 Å². The Balaban J connectivity index is 1.83. The van der Waals surface area contributed by atoms with E-state index in [1.54, 1.807) is 0 Å². The number of hydrogen-bond donors (Lipinski definition) is 0. The van der Waals surface area contributed by atoms with Crippen LogP contribution in [0.25, 0.3) is 0 Å². The summed E-state index contributed by atoms with van der Waals surface area (Å²) in [6, 6.07) is 2.66. The van der Waals surface area contributed by atoms with Crippen molar-refractivity contribution in [1.82, 2.24) is 4.90 Å². The van der Waals surface area contributed by atoms with E-state index in [-0.39, 0.29) is 6.04 Å². The van der Waals surface area contributed by atoms with Crippen LogP contribution in [0.15, 0.2) is 0 Å². The molecule has 0 spiro atoms. The van der Waals surface area contributed by atoms with Gasteiger partial charge in [0.1, 0.15) is 0 Å². The van der Waals surface area contributed by atoms with Gasteiger partial charge in [-0.2, -0.15) is 5.26 Å². The van der Waals surface area contributed by atoms with E-state index in [0.717, 1.165) is 18.9 Å². The van der Waals surface area contributed by atoms with Gasteiger partial charge in [0, 0.05) is 6.54 Å². The first-order valence-electron chi connectivity index (χ1n) is 5.54. The van der Waals surface area contributed by atoms with Crippen LogP contribution in [0.2, 0.25) is 0 Å². The molecular formula is C11H18N2. The second-order valence-corrected chi connectivity index (χ2v) is 4.43. The molecule has 1 atom stereocenters. The summed E-state index contributed by atoms with van der Waals surface area (Å²) in [4.78, 5) is 2.41. The molecular weight excluding hydrogens is 160 g/mol. The molecule has 2 heteroatoms. The molecule has 0 bridgehead atoms. The van der Waals surface area contributed by atoms with Crippen LogP contribution in [-0.4, -0.2) is 24.0 Å². The lowest BCUT2D eigenvalue weighted by Crippen LogP contribution is -2.42. The number of rotatable bonds is 2. The predicted octanol–water partition coefficient (Wildman–Crippen LogP) is 2.16. The lowest BCUT2D eigenvalue weighted by atomic mass is 9.84. The molecule has 0 aromatic rings. The molecule has 0 aromatic carbocycles. The molecule has 1 heterocycles. The highest BCUT2D eigenvalue weighted by Gasteiger charge is 2.26. The monoisotopic (exact) mass is 178 g/mol. The summed E-state index contributed by atoms with van der Waals surface area (Å²) in [5, 5.41) is 8.97. The number of hydrogen-bond acceptors (Lipinski definition) is 2. The fourth-order valence-electron chi connectivity index (χ4n) is 2.36. The Kier molecular flexibility index (Phi) is 2.85. The van der Waals surface area contributed by atoms with Gasteiger partial charge in [0.25, 0.3) is 0 Å². The van der Waals surface area contributed by atoms with E-state index in [9.17, 15) is 0 Å². The van der Waals surface area contributed by atoms with Crippen molar-refractivity contribution >= 4 is 0 Å². The van der Waals surface area contributed by atoms with Crippen LogP contribution in [-0.2, 0) is 0 Å². The molecule has 1 unspecified atom stereocenters. The molecule has 1 saturated heterocycles. The fourth-order valence-corrected chi connectivity index (χ4v) is 2.36. The van der Waals surface area contributed by atoms with Crippen molar-refractivity contribution in [2.75, 3.05) is 13.1 Å². The van der Waals surface area contributed by atoms with Gasteiger partial charge in [0.05, 0.1) is 12.1 Å². The normalized spacial score (nSPS) is 30.8. The lowest BCUT2D eigenvalue weighted by molar-refractivity contribution is 0.126. The summed E-state index contributed by atoms with van der Waals surface area (Å²) in [5.41, 5.74) is 0. The number of nitriles is 1. The average molecular weight is 178 g/mol. The molecule has 2 fully saturated rings. The Bertz CT molecular complexity index is 203. The van der Waals surface area contributed by atoms with E-state index in [0.29, 0.717) is 0 Å². The largest absolute Gasteiger partial charge is 0.288 e. The third kappa shape index (κ3) is 2.03.